The minimum atomic E-state index is 0. The van der Waals surface area contributed by atoms with E-state index in [0.717, 1.165) is 0 Å². The Kier molecular flexibility index (Phi) is 60.2. The largest absolute Gasteiger partial charge is 0.870 e. The third-order valence-corrected chi connectivity index (χ3v) is 0. The third kappa shape index (κ3) is 703. The molecule has 0 saturated heterocycles. The Bertz CT molecular complexity index is 17.7. The van der Waals surface area contributed by atoms with E-state index in [-0.39, 0.29) is 28.5 Å². The quantitative estimate of drug-likeness (QED) is 0.394. The van der Waals surface area contributed by atoms with Gasteiger partial charge in [0.2, 0.25) is 0 Å². The van der Waals surface area contributed by atoms with Crippen LogP contribution in [0.4, 0.5) is 0 Å². The van der Waals surface area contributed by atoms with Gasteiger partial charge in [-0.3, -0.25) is 0 Å². The van der Waals surface area contributed by atoms with Crippen LogP contribution >= 0.6 is 0 Å². The van der Waals surface area contributed by atoms with E-state index < -0.39 is 0 Å². The van der Waals surface area contributed by atoms with Crippen LogP contribution in [0.2, 0.25) is 0 Å². The van der Waals surface area contributed by atoms with Crippen molar-refractivity contribution >= 4 is 17.6 Å². The number of hydrogen-bond donors (Lipinski definition) is 0. The summed E-state index contributed by atoms with van der Waals surface area (Å²) in [6, 6.07) is 0. The zero-order valence-corrected chi connectivity index (χ0v) is 9.59. The van der Waals surface area contributed by atoms with Gasteiger partial charge in [0.25, 0.3) is 0 Å². The predicted octanol–water partition coefficient (Wildman–Crippen LogP) is -2.01. The minimum absolute atomic E-state index is 0. The van der Waals surface area contributed by atoms with E-state index in [4.69, 9.17) is 0 Å². The van der Waals surface area contributed by atoms with E-state index in [1.165, 1.54) is 0 Å². The van der Waals surface area contributed by atoms with Crippen molar-refractivity contribution in [1.82, 2.24) is 4.90 Å². The van der Waals surface area contributed by atoms with Gasteiger partial charge in [-0.15, -0.1) is 0 Å². The maximum absolute atomic E-state index is 2.00. The molecule has 0 aliphatic rings. The summed E-state index contributed by atoms with van der Waals surface area (Å²) in [5, 5.41) is 0. The molecule has 3 nitrogen and oxygen atoms in total. The molecule has 4 heteroatoms. The van der Waals surface area contributed by atoms with Crippen molar-refractivity contribution in [3.05, 3.63) is 0 Å². The number of nitrogens with zero attached hydrogens (tertiary/aromatic N) is 1. The van der Waals surface area contributed by atoms with Gasteiger partial charge in [-0.2, -0.15) is 0 Å². The van der Waals surface area contributed by atoms with Crippen molar-refractivity contribution in [3.8, 4) is 0 Å². The van der Waals surface area contributed by atoms with E-state index in [0.29, 0.717) is 0 Å². The number of rotatable bonds is 0. The number of hydrogen-bond acceptors (Lipinski definition) is 2. The van der Waals surface area contributed by atoms with Crippen LogP contribution < -0.4 is 0 Å². The molecule has 0 saturated carbocycles. The van der Waals surface area contributed by atoms with E-state index >= 15 is 0 Å². The molecule has 0 rings (SSSR count). The van der Waals surface area contributed by atoms with Gasteiger partial charge in [-0.1, -0.05) is 0 Å². The molecule has 0 aliphatic heterocycles. The van der Waals surface area contributed by atoms with Crippen molar-refractivity contribution in [3.63, 3.8) is 0 Å². The van der Waals surface area contributed by atoms with Crippen LogP contribution in [0.3, 0.4) is 0 Å². The summed E-state index contributed by atoms with van der Waals surface area (Å²) in [5.41, 5.74) is 0. The average Bonchev–Trinajstić information content (AvgIpc) is 0.811. The van der Waals surface area contributed by atoms with Crippen LogP contribution in [-0.2, 0) is 0 Å². The van der Waals surface area contributed by atoms with E-state index in [1.807, 2.05) is 26.0 Å². The molecule has 0 heterocycles. The molecular formula is C3H15GeNO2-. The van der Waals surface area contributed by atoms with Crippen LogP contribution in [0, 0.1) is 0 Å². The maximum Gasteiger partial charge on any atom is -0.870 e. The first-order valence-electron chi connectivity index (χ1n) is 1.34. The second kappa shape index (κ2) is 16.1. The first kappa shape index (κ1) is 26.1. The van der Waals surface area contributed by atoms with Gasteiger partial charge in [0, 0.05) is 0 Å². The van der Waals surface area contributed by atoms with Crippen LogP contribution in [0.15, 0.2) is 0 Å². The van der Waals surface area contributed by atoms with Crippen molar-refractivity contribution in [2.45, 2.75) is 0 Å². The molecular weight excluding hydrogens is 155 g/mol. The predicted molar refractivity (Wildman–Crippen MR) is 35.1 cm³/mol. The summed E-state index contributed by atoms with van der Waals surface area (Å²) < 4.78 is 0. The molecule has 0 unspecified atom stereocenters. The molecule has 0 aromatic carbocycles. The van der Waals surface area contributed by atoms with Gasteiger partial charge >= 0.3 is 17.6 Å². The van der Waals surface area contributed by atoms with Crippen LogP contribution in [0.1, 0.15) is 0 Å². The summed E-state index contributed by atoms with van der Waals surface area (Å²) in [6.07, 6.45) is 0. The molecule has 0 amide bonds. The zero-order chi connectivity index (χ0) is 3.58. The van der Waals surface area contributed by atoms with Gasteiger partial charge in [0.1, 0.15) is 0 Å². The molecule has 0 bridgehead atoms. The summed E-state index contributed by atoms with van der Waals surface area (Å²) >= 11 is 0. The normalized spacial score (nSPS) is 5.14. The Morgan fingerprint density at radius 1 is 1.00 bits per heavy atom. The second-order valence-corrected chi connectivity index (χ2v) is 1.34. The summed E-state index contributed by atoms with van der Waals surface area (Å²) in [6.45, 7) is 0. The molecule has 0 fully saturated rings. The van der Waals surface area contributed by atoms with Crippen molar-refractivity contribution < 1.29 is 11.0 Å². The zero-order valence-electron chi connectivity index (χ0n) is 5.39. The topological polar surface area (TPSA) is 64.7 Å². The minimum Gasteiger partial charge on any atom is -0.870 e. The molecule has 0 atom stereocenters. The molecule has 49 valence electrons. The summed E-state index contributed by atoms with van der Waals surface area (Å²) in [4.78, 5) is 2.00. The van der Waals surface area contributed by atoms with Crippen molar-refractivity contribution in [1.29, 1.82) is 0 Å². The first-order valence-corrected chi connectivity index (χ1v) is 1.34. The standard InChI is InChI=1S/C3H9N.GeH3.2H2O/c1-4(2)3;;;/h1-3H3;1H3;2*1H2/p-1. The van der Waals surface area contributed by atoms with E-state index in [1.54, 1.807) is 0 Å². The SMILES string of the molecule is CN(C)C.O.[GeH3].[OH-]. The maximum atomic E-state index is 2.00. The molecule has 0 aliphatic carbocycles. The van der Waals surface area contributed by atoms with Gasteiger partial charge in [-0.05, 0) is 21.1 Å². The Morgan fingerprint density at radius 2 is 1.00 bits per heavy atom. The molecule has 0 spiro atoms. The fraction of sp³-hybridized carbons (Fsp3) is 1.00. The van der Waals surface area contributed by atoms with E-state index in [2.05, 4.69) is 0 Å². The smallest absolute Gasteiger partial charge is 0.870 e. The molecule has 0 aromatic rings. The summed E-state index contributed by atoms with van der Waals surface area (Å²) in [5.74, 6) is 0. The Labute approximate surface area is 55.3 Å². The van der Waals surface area contributed by atoms with Crippen molar-refractivity contribution in [2.24, 2.45) is 0 Å². The Balaban J connectivity index is -0.0000000150. The molecule has 0 aromatic heterocycles. The van der Waals surface area contributed by atoms with Crippen LogP contribution in [0.5, 0.6) is 0 Å². The fourth-order valence-corrected chi connectivity index (χ4v) is 0. The molecule has 1 radical (unpaired) electrons. The second-order valence-electron chi connectivity index (χ2n) is 1.34. The monoisotopic (exact) mass is 171 g/mol. The average molecular weight is 170 g/mol. The Morgan fingerprint density at radius 3 is 1.00 bits per heavy atom. The first-order chi connectivity index (χ1) is 1.73. The molecule has 7 heavy (non-hydrogen) atoms. The van der Waals surface area contributed by atoms with Gasteiger partial charge in [0.05, 0.1) is 0 Å². The van der Waals surface area contributed by atoms with Crippen LogP contribution in [-0.4, -0.2) is 54.6 Å². The molecule has 3 N–H and O–H groups in total. The van der Waals surface area contributed by atoms with Gasteiger partial charge in [0.15, 0.2) is 0 Å². The van der Waals surface area contributed by atoms with Crippen LogP contribution in [0.25, 0.3) is 0 Å². The van der Waals surface area contributed by atoms with Crippen molar-refractivity contribution in [2.75, 3.05) is 21.1 Å². The Hall–Kier alpha value is 0.423. The third-order valence-electron chi connectivity index (χ3n) is 0. The fourth-order valence-electron chi connectivity index (χ4n) is 0. The van der Waals surface area contributed by atoms with Gasteiger partial charge < -0.3 is 15.9 Å². The van der Waals surface area contributed by atoms with Gasteiger partial charge in [-0.25, -0.2) is 0 Å². The van der Waals surface area contributed by atoms with E-state index in [9.17, 15) is 0 Å². The summed E-state index contributed by atoms with van der Waals surface area (Å²) in [7, 11) is 6.00.